The van der Waals surface area contributed by atoms with Crippen LogP contribution < -0.4 is 0 Å². The van der Waals surface area contributed by atoms with E-state index in [1.54, 1.807) is 24.4 Å². The summed E-state index contributed by atoms with van der Waals surface area (Å²) in [5, 5.41) is 12.1. The predicted octanol–water partition coefficient (Wildman–Crippen LogP) is 3.81. The lowest BCUT2D eigenvalue weighted by atomic mass is 10.1. The molecule has 0 fully saturated rings. The highest BCUT2D eigenvalue weighted by atomic mass is 32.1. The predicted molar refractivity (Wildman–Crippen MR) is 86.8 cm³/mol. The summed E-state index contributed by atoms with van der Waals surface area (Å²) >= 11 is 1.48. The fourth-order valence-corrected chi connectivity index (χ4v) is 2.65. The Kier molecular flexibility index (Phi) is 4.07. The smallest absolute Gasteiger partial charge is 0.186 e. The molecule has 2 heterocycles. The number of ketones is 1. The molecule has 0 saturated carbocycles. The Labute approximate surface area is 131 Å². The molecule has 3 rings (SSSR count). The van der Waals surface area contributed by atoms with Crippen molar-refractivity contribution < 1.29 is 9.90 Å². The zero-order chi connectivity index (χ0) is 15.4. The van der Waals surface area contributed by atoms with E-state index >= 15 is 0 Å². The maximum absolute atomic E-state index is 12.0. The molecule has 0 aliphatic carbocycles. The lowest BCUT2D eigenvalue weighted by molar-refractivity contribution is 0.104. The number of rotatable bonds is 4. The van der Waals surface area contributed by atoms with E-state index in [4.69, 9.17) is 0 Å². The lowest BCUT2D eigenvalue weighted by Crippen LogP contribution is -1.93. The van der Waals surface area contributed by atoms with Crippen LogP contribution in [-0.4, -0.2) is 20.9 Å². The van der Waals surface area contributed by atoms with Gasteiger partial charge in [0, 0.05) is 17.1 Å². The summed E-state index contributed by atoms with van der Waals surface area (Å²) in [6, 6.07) is 11.9. The van der Waals surface area contributed by atoms with E-state index in [9.17, 15) is 9.90 Å². The van der Waals surface area contributed by atoms with Gasteiger partial charge in [0.15, 0.2) is 5.78 Å². The minimum Gasteiger partial charge on any atom is -0.508 e. The molecule has 1 aromatic carbocycles. The second-order valence-electron chi connectivity index (χ2n) is 4.54. The molecule has 0 saturated heterocycles. The number of allylic oxidation sites excluding steroid dienone is 1. The molecule has 0 aliphatic rings. The van der Waals surface area contributed by atoms with Gasteiger partial charge < -0.3 is 5.11 Å². The Morgan fingerprint density at radius 2 is 2.09 bits per heavy atom. The van der Waals surface area contributed by atoms with Crippen molar-refractivity contribution in [3.8, 4) is 16.5 Å². The highest BCUT2D eigenvalue weighted by molar-refractivity contribution is 7.13. The molecule has 3 aromatic rings. The van der Waals surface area contributed by atoms with Gasteiger partial charge in [-0.05, 0) is 36.4 Å². The average molecular weight is 308 g/mol. The van der Waals surface area contributed by atoms with E-state index in [2.05, 4.69) is 9.97 Å². The van der Waals surface area contributed by atoms with E-state index < -0.39 is 0 Å². The summed E-state index contributed by atoms with van der Waals surface area (Å²) in [6.07, 6.45) is 4.83. The summed E-state index contributed by atoms with van der Waals surface area (Å²) in [4.78, 5) is 20.7. The molecule has 1 N–H and O–H groups in total. The molecular formula is C17H12N2O2S. The molecule has 0 aliphatic heterocycles. The highest BCUT2D eigenvalue weighted by Crippen LogP contribution is 2.22. The van der Waals surface area contributed by atoms with Crippen LogP contribution >= 0.6 is 11.3 Å². The van der Waals surface area contributed by atoms with Crippen molar-refractivity contribution >= 4 is 23.2 Å². The average Bonchev–Trinajstić information content (AvgIpc) is 3.02. The summed E-state index contributed by atoms with van der Waals surface area (Å²) in [7, 11) is 0. The molecule has 0 radical (unpaired) electrons. The van der Waals surface area contributed by atoms with Crippen LogP contribution in [0.3, 0.4) is 0 Å². The molecule has 2 aromatic heterocycles. The van der Waals surface area contributed by atoms with Crippen molar-refractivity contribution in [2.24, 2.45) is 0 Å². The van der Waals surface area contributed by atoms with Crippen LogP contribution in [0.15, 0.2) is 60.1 Å². The van der Waals surface area contributed by atoms with Gasteiger partial charge in [0.25, 0.3) is 0 Å². The van der Waals surface area contributed by atoms with Crippen molar-refractivity contribution in [1.29, 1.82) is 0 Å². The first-order valence-corrected chi connectivity index (χ1v) is 7.49. The molecule has 0 atom stereocenters. The molecular weight excluding hydrogens is 296 g/mol. The minimum absolute atomic E-state index is 0.0744. The van der Waals surface area contributed by atoms with Crippen molar-refractivity contribution in [2.75, 3.05) is 0 Å². The van der Waals surface area contributed by atoms with E-state index in [1.807, 2.05) is 23.6 Å². The Hall–Kier alpha value is -2.79. The number of aromatic nitrogens is 2. The number of benzene rings is 1. The van der Waals surface area contributed by atoms with E-state index in [0.717, 1.165) is 10.7 Å². The van der Waals surface area contributed by atoms with E-state index in [1.165, 1.54) is 29.5 Å². The van der Waals surface area contributed by atoms with Crippen molar-refractivity contribution in [3.63, 3.8) is 0 Å². The lowest BCUT2D eigenvalue weighted by Gasteiger charge is -1.96. The topological polar surface area (TPSA) is 63.1 Å². The van der Waals surface area contributed by atoms with E-state index in [-0.39, 0.29) is 11.5 Å². The monoisotopic (exact) mass is 308 g/mol. The standard InChI is InChI=1S/C17H12N2O2S/c20-14-5-3-4-12(10-14)16(21)8-7-13-11-22-17(19-13)15-6-1-2-9-18-15/h1-11,20H/b8-7+. The third-order valence-corrected chi connectivity index (χ3v) is 3.83. The molecule has 0 bridgehead atoms. The van der Waals surface area contributed by atoms with Gasteiger partial charge in [0.1, 0.15) is 10.8 Å². The second kappa shape index (κ2) is 6.32. The van der Waals surface area contributed by atoms with Gasteiger partial charge in [0.2, 0.25) is 0 Å². The Morgan fingerprint density at radius 3 is 2.86 bits per heavy atom. The third kappa shape index (κ3) is 3.27. The van der Waals surface area contributed by atoms with Crippen molar-refractivity contribution in [2.45, 2.75) is 0 Å². The number of pyridine rings is 1. The number of phenols is 1. The Balaban J connectivity index is 1.76. The zero-order valence-corrected chi connectivity index (χ0v) is 12.3. The maximum Gasteiger partial charge on any atom is 0.186 e. The van der Waals surface area contributed by atoms with Crippen LogP contribution in [0.2, 0.25) is 0 Å². The maximum atomic E-state index is 12.0. The quantitative estimate of drug-likeness (QED) is 0.588. The SMILES string of the molecule is O=C(/C=C/c1csc(-c2ccccn2)n1)c1cccc(O)c1. The third-order valence-electron chi connectivity index (χ3n) is 2.94. The van der Waals surface area contributed by atoms with Crippen LogP contribution in [-0.2, 0) is 0 Å². The molecule has 0 unspecified atom stereocenters. The fourth-order valence-electron chi connectivity index (χ4n) is 1.89. The number of phenolic OH excluding ortho intramolecular Hbond substituents is 1. The van der Waals surface area contributed by atoms with E-state index in [0.29, 0.717) is 11.3 Å². The second-order valence-corrected chi connectivity index (χ2v) is 5.40. The van der Waals surface area contributed by atoms with Crippen LogP contribution in [0.25, 0.3) is 16.8 Å². The first-order valence-electron chi connectivity index (χ1n) is 6.61. The zero-order valence-electron chi connectivity index (χ0n) is 11.5. The first-order chi connectivity index (χ1) is 10.7. The number of carbonyl (C=O) groups is 1. The van der Waals surface area contributed by atoms with Gasteiger partial charge in [-0.15, -0.1) is 11.3 Å². The van der Waals surface area contributed by atoms with Gasteiger partial charge in [-0.3, -0.25) is 9.78 Å². The summed E-state index contributed by atoms with van der Waals surface area (Å²) < 4.78 is 0. The largest absolute Gasteiger partial charge is 0.508 e. The van der Waals surface area contributed by atoms with Gasteiger partial charge >= 0.3 is 0 Å². The Morgan fingerprint density at radius 1 is 1.18 bits per heavy atom. The Bertz CT molecular complexity index is 825. The summed E-state index contributed by atoms with van der Waals surface area (Å²) in [5.41, 5.74) is 1.96. The summed E-state index contributed by atoms with van der Waals surface area (Å²) in [5.74, 6) is -0.103. The van der Waals surface area contributed by atoms with Crippen molar-refractivity contribution in [1.82, 2.24) is 9.97 Å². The molecule has 4 nitrogen and oxygen atoms in total. The van der Waals surface area contributed by atoms with Gasteiger partial charge in [-0.1, -0.05) is 18.2 Å². The number of thiazole rings is 1. The number of aromatic hydroxyl groups is 1. The minimum atomic E-state index is -0.178. The van der Waals surface area contributed by atoms with Crippen LogP contribution in [0.4, 0.5) is 0 Å². The van der Waals surface area contributed by atoms with Crippen molar-refractivity contribution in [3.05, 3.63) is 71.4 Å². The molecule has 0 amide bonds. The molecule has 108 valence electrons. The molecule has 22 heavy (non-hydrogen) atoms. The van der Waals surface area contributed by atoms with Crippen LogP contribution in [0.5, 0.6) is 5.75 Å². The fraction of sp³-hybridized carbons (Fsp3) is 0. The molecule has 5 heteroatoms. The van der Waals surface area contributed by atoms with Crippen LogP contribution in [0, 0.1) is 0 Å². The molecule has 0 spiro atoms. The number of nitrogens with zero attached hydrogens (tertiary/aromatic N) is 2. The normalized spacial score (nSPS) is 10.9. The highest BCUT2D eigenvalue weighted by Gasteiger charge is 2.05. The van der Waals surface area contributed by atoms with Gasteiger partial charge in [0.05, 0.1) is 11.4 Å². The van der Waals surface area contributed by atoms with Gasteiger partial charge in [-0.2, -0.15) is 0 Å². The number of hydrogen-bond donors (Lipinski definition) is 1. The first kappa shape index (κ1) is 14.2. The number of carbonyl (C=O) groups excluding carboxylic acids is 1. The number of hydrogen-bond acceptors (Lipinski definition) is 5. The van der Waals surface area contributed by atoms with Crippen LogP contribution in [0.1, 0.15) is 16.1 Å². The summed E-state index contributed by atoms with van der Waals surface area (Å²) in [6.45, 7) is 0. The van der Waals surface area contributed by atoms with Gasteiger partial charge in [-0.25, -0.2) is 4.98 Å².